The van der Waals surface area contributed by atoms with Crippen molar-refractivity contribution in [2.75, 3.05) is 49.1 Å². The average molecular weight is 553 g/mol. The number of anilines is 2. The summed E-state index contributed by atoms with van der Waals surface area (Å²) < 4.78 is 21.3. The molecule has 8 heteroatoms. The quantitative estimate of drug-likeness (QED) is 0.475. The first-order valence-electron chi connectivity index (χ1n) is 15.3. The maximum atomic E-state index is 14.8. The molecule has 6 heterocycles. The number of ether oxygens (including phenoxy) is 1. The lowest BCUT2D eigenvalue weighted by atomic mass is 9.95. The van der Waals surface area contributed by atoms with Crippen LogP contribution in [0.4, 0.5) is 15.9 Å². The monoisotopic (exact) mass is 552 g/mol. The van der Waals surface area contributed by atoms with Crippen molar-refractivity contribution in [2.24, 2.45) is 0 Å². The smallest absolute Gasteiger partial charge is 0.318 e. The van der Waals surface area contributed by atoms with Crippen LogP contribution in [0.1, 0.15) is 55.3 Å². The van der Waals surface area contributed by atoms with Crippen LogP contribution in [0.2, 0.25) is 0 Å². The number of fused-ring (bicyclic) bond motifs is 5. The van der Waals surface area contributed by atoms with E-state index in [-0.39, 0.29) is 11.4 Å². The maximum Gasteiger partial charge on any atom is 0.318 e. The topological polar surface area (TPSA) is 56.8 Å². The predicted octanol–water partition coefficient (Wildman–Crippen LogP) is 4.26. The van der Waals surface area contributed by atoms with E-state index in [2.05, 4.69) is 32.0 Å². The largest absolute Gasteiger partial charge is 0.461 e. The molecule has 3 aromatic rings. The Morgan fingerprint density at radius 1 is 1.02 bits per heavy atom. The van der Waals surface area contributed by atoms with Gasteiger partial charge in [0.1, 0.15) is 18.2 Å². The third-order valence-electron chi connectivity index (χ3n) is 10.3. The molecule has 5 aliphatic rings. The van der Waals surface area contributed by atoms with Gasteiger partial charge in [0.25, 0.3) is 0 Å². The van der Waals surface area contributed by atoms with Gasteiger partial charge < -0.3 is 19.9 Å². The van der Waals surface area contributed by atoms with Gasteiger partial charge in [0.2, 0.25) is 0 Å². The van der Waals surface area contributed by atoms with E-state index in [9.17, 15) is 4.39 Å². The van der Waals surface area contributed by atoms with Gasteiger partial charge in [0.05, 0.1) is 23.3 Å². The summed E-state index contributed by atoms with van der Waals surface area (Å²) in [4.78, 5) is 17.6. The van der Waals surface area contributed by atoms with Crippen molar-refractivity contribution >= 4 is 22.3 Å². The Bertz CT molecular complexity index is 1530. The minimum Gasteiger partial charge on any atom is -0.461 e. The summed E-state index contributed by atoms with van der Waals surface area (Å²) in [5.41, 5.74) is 3.64. The molecule has 0 aliphatic carbocycles. The van der Waals surface area contributed by atoms with Crippen LogP contribution in [0.15, 0.2) is 30.3 Å². The third-order valence-corrected chi connectivity index (χ3v) is 10.3. The van der Waals surface area contributed by atoms with Crippen LogP contribution in [0.25, 0.3) is 10.8 Å². The first-order valence-corrected chi connectivity index (χ1v) is 15.3. The molecule has 1 N–H and O–H groups in total. The Hall–Kier alpha value is -3.41. The molecule has 2 bridgehead atoms. The second-order valence-electron chi connectivity index (χ2n) is 12.6. The fourth-order valence-electron chi connectivity index (χ4n) is 8.29. The molecule has 2 unspecified atom stereocenters. The molecule has 8 rings (SSSR count). The molecular weight excluding hydrogens is 515 g/mol. The number of benzene rings is 2. The number of halogens is 1. The normalized spacial score (nSPS) is 24.9. The highest BCUT2D eigenvalue weighted by Crippen LogP contribution is 2.40. The molecule has 0 amide bonds. The Kier molecular flexibility index (Phi) is 6.08. The van der Waals surface area contributed by atoms with Crippen LogP contribution in [-0.4, -0.2) is 71.8 Å². The summed E-state index contributed by atoms with van der Waals surface area (Å²) in [6, 6.07) is 10.9. The number of rotatable bonds is 5. The first-order chi connectivity index (χ1) is 20.1. The van der Waals surface area contributed by atoms with E-state index in [1.165, 1.54) is 63.2 Å². The van der Waals surface area contributed by atoms with Crippen molar-refractivity contribution < 1.29 is 9.13 Å². The highest BCUT2D eigenvalue weighted by atomic mass is 19.1. The fourth-order valence-corrected chi connectivity index (χ4v) is 8.29. The summed E-state index contributed by atoms with van der Waals surface area (Å²) in [6.07, 6.45) is 13.9. The van der Waals surface area contributed by atoms with Crippen molar-refractivity contribution in [1.29, 1.82) is 0 Å². The van der Waals surface area contributed by atoms with Crippen molar-refractivity contribution in [3.8, 4) is 18.4 Å². The van der Waals surface area contributed by atoms with E-state index in [1.54, 1.807) is 0 Å². The molecule has 41 heavy (non-hydrogen) atoms. The number of nitrogens with zero attached hydrogens (tertiary/aromatic N) is 5. The molecule has 212 valence electrons. The van der Waals surface area contributed by atoms with Crippen molar-refractivity contribution in [3.63, 3.8) is 0 Å². The number of aromatic nitrogens is 2. The van der Waals surface area contributed by atoms with Crippen LogP contribution in [0.3, 0.4) is 0 Å². The molecule has 0 spiro atoms. The zero-order valence-corrected chi connectivity index (χ0v) is 23.5. The summed E-state index contributed by atoms with van der Waals surface area (Å²) in [5, 5.41) is 5.50. The van der Waals surface area contributed by atoms with Crippen molar-refractivity contribution in [1.82, 2.24) is 20.2 Å². The van der Waals surface area contributed by atoms with Crippen molar-refractivity contribution in [3.05, 3.63) is 53.0 Å². The van der Waals surface area contributed by atoms with Crippen LogP contribution in [0, 0.1) is 18.2 Å². The fraction of sp³-hybridized carbons (Fsp3) is 0.515. The molecule has 0 saturated carbocycles. The van der Waals surface area contributed by atoms with Crippen LogP contribution in [-0.2, 0) is 13.0 Å². The third kappa shape index (κ3) is 4.24. The van der Waals surface area contributed by atoms with Gasteiger partial charge in [-0.1, -0.05) is 24.1 Å². The molecular formula is C33H37FN6O. The van der Waals surface area contributed by atoms with Crippen molar-refractivity contribution in [2.45, 2.75) is 69.1 Å². The van der Waals surface area contributed by atoms with Gasteiger partial charge in [0, 0.05) is 48.4 Å². The minimum absolute atomic E-state index is 0.137. The summed E-state index contributed by atoms with van der Waals surface area (Å²) in [7, 11) is 0. The van der Waals surface area contributed by atoms with E-state index in [1.807, 2.05) is 18.2 Å². The lowest BCUT2D eigenvalue weighted by molar-refractivity contribution is 0.107. The molecule has 4 saturated heterocycles. The first kappa shape index (κ1) is 25.3. The Morgan fingerprint density at radius 3 is 2.61 bits per heavy atom. The number of hydrogen-bond acceptors (Lipinski definition) is 7. The van der Waals surface area contributed by atoms with Gasteiger partial charge in [0.15, 0.2) is 0 Å². The van der Waals surface area contributed by atoms with Gasteiger partial charge in [-0.25, -0.2) is 4.39 Å². The van der Waals surface area contributed by atoms with E-state index in [0.717, 1.165) is 54.0 Å². The highest BCUT2D eigenvalue weighted by molar-refractivity contribution is 5.99. The predicted molar refractivity (Wildman–Crippen MR) is 159 cm³/mol. The molecule has 0 radical (unpaired) electrons. The molecule has 7 nitrogen and oxygen atoms in total. The standard InChI is InChI=1S/C33H37FN6O/c1-2-25-27(34)11-8-22-6-3-7-29(30(22)25)38-17-12-26-28(20-38)36-32(41-21-33-13-4-15-40(33)16-5-14-33)37-31(26)39-18-23-9-10-24(19-39)35-23/h1,3,6-8,11,23-24,35H,4-5,9-10,12-21H2. The van der Waals surface area contributed by atoms with E-state index in [4.69, 9.17) is 21.1 Å². The molecule has 1 aromatic heterocycles. The van der Waals surface area contributed by atoms with Gasteiger partial charge in [-0.05, 0) is 75.6 Å². The van der Waals surface area contributed by atoms with Crippen LogP contribution in [0.5, 0.6) is 6.01 Å². The Labute approximate surface area is 241 Å². The lowest BCUT2D eigenvalue weighted by Crippen LogP contribution is -2.52. The molecule has 4 fully saturated rings. The summed E-state index contributed by atoms with van der Waals surface area (Å²) in [6.45, 7) is 6.32. The number of hydrogen-bond donors (Lipinski definition) is 1. The van der Waals surface area contributed by atoms with Gasteiger partial charge in [-0.15, -0.1) is 6.42 Å². The zero-order valence-electron chi connectivity index (χ0n) is 23.5. The Morgan fingerprint density at radius 2 is 1.83 bits per heavy atom. The average Bonchev–Trinajstić information content (AvgIpc) is 3.68. The summed E-state index contributed by atoms with van der Waals surface area (Å²) in [5.74, 6) is 3.30. The number of piperazine rings is 1. The lowest BCUT2D eigenvalue weighted by Gasteiger charge is -2.38. The van der Waals surface area contributed by atoms with E-state index in [0.29, 0.717) is 36.8 Å². The SMILES string of the molecule is C#Cc1c(F)ccc2cccc(N3CCc4c(nc(OCC56CCCN5CCC6)nc4N4CC5CCC(C4)N5)C3)c12. The van der Waals surface area contributed by atoms with Gasteiger partial charge >= 0.3 is 6.01 Å². The Balaban J connectivity index is 1.16. The van der Waals surface area contributed by atoms with Gasteiger partial charge in [-0.2, -0.15) is 9.97 Å². The second-order valence-corrected chi connectivity index (χ2v) is 12.6. The zero-order chi connectivity index (χ0) is 27.6. The van der Waals surface area contributed by atoms with Gasteiger partial charge in [-0.3, -0.25) is 4.90 Å². The number of nitrogens with one attached hydrogen (secondary N) is 1. The molecule has 5 aliphatic heterocycles. The summed E-state index contributed by atoms with van der Waals surface area (Å²) >= 11 is 0. The van der Waals surface area contributed by atoms with Crippen LogP contribution < -0.4 is 19.9 Å². The molecule has 2 aromatic carbocycles. The second kappa shape index (κ2) is 9.85. The van der Waals surface area contributed by atoms with Crippen LogP contribution >= 0.6 is 0 Å². The minimum atomic E-state index is -0.356. The highest BCUT2D eigenvalue weighted by Gasteiger charge is 2.45. The number of terminal acetylenes is 1. The maximum absolute atomic E-state index is 14.8. The van der Waals surface area contributed by atoms with E-state index >= 15 is 0 Å². The van der Waals surface area contributed by atoms with E-state index < -0.39 is 0 Å². The molecule has 2 atom stereocenters.